The van der Waals surface area contributed by atoms with E-state index in [0.717, 1.165) is 17.7 Å². The van der Waals surface area contributed by atoms with Crippen LogP contribution in [0, 0.1) is 11.7 Å². The van der Waals surface area contributed by atoms with Gasteiger partial charge in [-0.3, -0.25) is 9.48 Å². The van der Waals surface area contributed by atoms with Gasteiger partial charge in [0.15, 0.2) is 0 Å². The lowest BCUT2D eigenvalue weighted by Gasteiger charge is -2.18. The van der Waals surface area contributed by atoms with Crippen molar-refractivity contribution in [3.63, 3.8) is 0 Å². The molecule has 0 bridgehead atoms. The van der Waals surface area contributed by atoms with Gasteiger partial charge in [-0.15, -0.1) is 0 Å². The zero-order valence-electron chi connectivity index (χ0n) is 14.0. The second-order valence-electron chi connectivity index (χ2n) is 6.34. The number of nitrogens with one attached hydrogen (secondary N) is 2. The van der Waals surface area contributed by atoms with E-state index < -0.39 is 23.5 Å². The number of rotatable bonds is 4. The van der Waals surface area contributed by atoms with Crippen molar-refractivity contribution >= 4 is 5.91 Å². The SMILES string of the molecule is Cn1cc([C@H]2CNC[C@@H]2C(=O)NCc2ccc(F)cc2C(F)(F)F)cn1. The Labute approximate surface area is 147 Å². The molecule has 1 aromatic heterocycles. The summed E-state index contributed by atoms with van der Waals surface area (Å²) >= 11 is 0. The molecule has 26 heavy (non-hydrogen) atoms. The third-order valence-corrected chi connectivity index (χ3v) is 4.53. The molecule has 5 nitrogen and oxygen atoms in total. The van der Waals surface area contributed by atoms with Crippen molar-refractivity contribution in [2.75, 3.05) is 13.1 Å². The molecule has 2 N–H and O–H groups in total. The highest BCUT2D eigenvalue weighted by Gasteiger charge is 2.36. The topological polar surface area (TPSA) is 59.0 Å². The fourth-order valence-corrected chi connectivity index (χ4v) is 3.22. The minimum Gasteiger partial charge on any atom is -0.352 e. The number of benzene rings is 1. The molecule has 2 heterocycles. The molecule has 0 radical (unpaired) electrons. The van der Waals surface area contributed by atoms with Crippen LogP contribution in [0.25, 0.3) is 0 Å². The number of nitrogens with zero attached hydrogens (tertiary/aromatic N) is 2. The second-order valence-corrected chi connectivity index (χ2v) is 6.34. The van der Waals surface area contributed by atoms with Crippen molar-refractivity contribution < 1.29 is 22.4 Å². The fourth-order valence-electron chi connectivity index (χ4n) is 3.22. The first kappa shape index (κ1) is 18.4. The summed E-state index contributed by atoms with van der Waals surface area (Å²) in [6, 6.07) is 2.44. The molecule has 1 aliphatic heterocycles. The zero-order valence-corrected chi connectivity index (χ0v) is 14.0. The van der Waals surface area contributed by atoms with E-state index in [2.05, 4.69) is 15.7 Å². The normalized spacial score (nSPS) is 20.3. The van der Waals surface area contributed by atoms with E-state index in [9.17, 15) is 22.4 Å². The Morgan fingerprint density at radius 2 is 2.15 bits per heavy atom. The average Bonchev–Trinajstić information content (AvgIpc) is 3.21. The first-order chi connectivity index (χ1) is 12.3. The summed E-state index contributed by atoms with van der Waals surface area (Å²) in [7, 11) is 1.77. The lowest BCUT2D eigenvalue weighted by molar-refractivity contribution is -0.138. The summed E-state index contributed by atoms with van der Waals surface area (Å²) in [6.07, 6.45) is -1.19. The van der Waals surface area contributed by atoms with Gasteiger partial charge < -0.3 is 10.6 Å². The molecule has 0 saturated carbocycles. The van der Waals surface area contributed by atoms with Gasteiger partial charge in [-0.25, -0.2) is 4.39 Å². The van der Waals surface area contributed by atoms with Crippen LogP contribution in [0.4, 0.5) is 17.6 Å². The molecular formula is C17H18F4N4O. The molecule has 0 unspecified atom stereocenters. The maximum Gasteiger partial charge on any atom is 0.416 e. The number of hydrogen-bond acceptors (Lipinski definition) is 3. The third-order valence-electron chi connectivity index (χ3n) is 4.53. The molecule has 0 aliphatic carbocycles. The number of amides is 1. The van der Waals surface area contributed by atoms with Crippen molar-refractivity contribution in [2.24, 2.45) is 13.0 Å². The maximum atomic E-state index is 13.2. The highest BCUT2D eigenvalue weighted by molar-refractivity contribution is 5.80. The Balaban J connectivity index is 1.71. The van der Waals surface area contributed by atoms with Crippen LogP contribution in [0.15, 0.2) is 30.6 Å². The first-order valence-electron chi connectivity index (χ1n) is 8.08. The van der Waals surface area contributed by atoms with E-state index in [1.165, 1.54) is 0 Å². The third kappa shape index (κ3) is 3.87. The highest BCUT2D eigenvalue weighted by Crippen LogP contribution is 2.33. The smallest absolute Gasteiger partial charge is 0.352 e. The summed E-state index contributed by atoms with van der Waals surface area (Å²) < 4.78 is 53.9. The summed E-state index contributed by atoms with van der Waals surface area (Å²) in [5.74, 6) is -1.82. The number of carbonyl (C=O) groups excluding carboxylic acids is 1. The van der Waals surface area contributed by atoms with E-state index in [4.69, 9.17) is 0 Å². The standard InChI is InChI=1S/C17H18F4N4O/c1-25-9-11(6-24-25)13-7-22-8-14(13)16(26)23-5-10-2-3-12(18)4-15(10)17(19,20)21/h2-4,6,9,13-14,22H,5,7-8H2,1H3,(H,23,26)/t13-,14+/m1/s1. The number of hydrogen-bond donors (Lipinski definition) is 2. The fraction of sp³-hybridized carbons (Fsp3) is 0.412. The molecule has 1 saturated heterocycles. The van der Waals surface area contributed by atoms with Gasteiger partial charge in [-0.05, 0) is 23.3 Å². The van der Waals surface area contributed by atoms with Gasteiger partial charge in [-0.1, -0.05) is 6.07 Å². The van der Waals surface area contributed by atoms with Crippen molar-refractivity contribution in [3.8, 4) is 0 Å². The van der Waals surface area contributed by atoms with Crippen molar-refractivity contribution in [2.45, 2.75) is 18.6 Å². The van der Waals surface area contributed by atoms with Crippen LogP contribution in [-0.4, -0.2) is 28.8 Å². The van der Waals surface area contributed by atoms with Gasteiger partial charge >= 0.3 is 6.18 Å². The van der Waals surface area contributed by atoms with E-state index in [1.807, 2.05) is 6.20 Å². The number of aryl methyl sites for hydroxylation is 1. The van der Waals surface area contributed by atoms with Gasteiger partial charge in [0.25, 0.3) is 0 Å². The lowest BCUT2D eigenvalue weighted by Crippen LogP contribution is -2.34. The van der Waals surface area contributed by atoms with Crippen LogP contribution >= 0.6 is 0 Å². The Morgan fingerprint density at radius 3 is 2.81 bits per heavy atom. The largest absolute Gasteiger partial charge is 0.416 e. The molecular weight excluding hydrogens is 352 g/mol. The molecule has 1 amide bonds. The van der Waals surface area contributed by atoms with Crippen LogP contribution < -0.4 is 10.6 Å². The molecule has 1 fully saturated rings. The molecule has 140 valence electrons. The maximum absolute atomic E-state index is 13.2. The van der Waals surface area contributed by atoms with Crippen LogP contribution in [0.5, 0.6) is 0 Å². The summed E-state index contributed by atoms with van der Waals surface area (Å²) in [5, 5.41) is 9.77. The van der Waals surface area contributed by atoms with Gasteiger partial charge in [0.2, 0.25) is 5.91 Å². The van der Waals surface area contributed by atoms with Crippen LogP contribution in [0.1, 0.15) is 22.6 Å². The Hall–Kier alpha value is -2.42. The Bertz CT molecular complexity index is 802. The van der Waals surface area contributed by atoms with Crippen LogP contribution in [0.3, 0.4) is 0 Å². The van der Waals surface area contributed by atoms with Crippen LogP contribution in [0.2, 0.25) is 0 Å². The van der Waals surface area contributed by atoms with Crippen molar-refractivity contribution in [3.05, 3.63) is 53.1 Å². The molecule has 1 aliphatic rings. The molecule has 9 heteroatoms. The summed E-state index contributed by atoms with van der Waals surface area (Å²) in [5.41, 5.74) is -0.349. The molecule has 2 atom stereocenters. The summed E-state index contributed by atoms with van der Waals surface area (Å²) in [4.78, 5) is 12.5. The Kier molecular flexibility index (Phi) is 4.99. The van der Waals surface area contributed by atoms with Gasteiger partial charge in [0.1, 0.15) is 5.82 Å². The van der Waals surface area contributed by atoms with E-state index in [-0.39, 0.29) is 23.9 Å². The molecule has 3 rings (SSSR count). The predicted molar refractivity (Wildman–Crippen MR) is 85.6 cm³/mol. The zero-order chi connectivity index (χ0) is 18.9. The van der Waals surface area contributed by atoms with Crippen molar-refractivity contribution in [1.29, 1.82) is 0 Å². The quantitative estimate of drug-likeness (QED) is 0.812. The van der Waals surface area contributed by atoms with Gasteiger partial charge in [0, 0.05) is 38.8 Å². The van der Waals surface area contributed by atoms with Gasteiger partial charge in [-0.2, -0.15) is 18.3 Å². The molecule has 1 aromatic carbocycles. The van der Waals surface area contributed by atoms with E-state index >= 15 is 0 Å². The minimum absolute atomic E-state index is 0.0981. The minimum atomic E-state index is -4.69. The van der Waals surface area contributed by atoms with Crippen molar-refractivity contribution in [1.82, 2.24) is 20.4 Å². The lowest BCUT2D eigenvalue weighted by atomic mass is 9.90. The number of alkyl halides is 3. The summed E-state index contributed by atoms with van der Waals surface area (Å²) in [6.45, 7) is 0.708. The number of carbonyl (C=O) groups is 1. The van der Waals surface area contributed by atoms with E-state index in [0.29, 0.717) is 19.2 Å². The van der Waals surface area contributed by atoms with Crippen LogP contribution in [-0.2, 0) is 24.6 Å². The first-order valence-corrected chi connectivity index (χ1v) is 8.08. The van der Waals surface area contributed by atoms with E-state index in [1.54, 1.807) is 17.9 Å². The average molecular weight is 370 g/mol. The number of aromatic nitrogens is 2. The predicted octanol–water partition coefficient (Wildman–Crippen LogP) is 2.20. The highest BCUT2D eigenvalue weighted by atomic mass is 19.4. The monoisotopic (exact) mass is 370 g/mol. The Morgan fingerprint density at radius 1 is 1.38 bits per heavy atom. The second kappa shape index (κ2) is 7.06. The number of halogens is 4. The van der Waals surface area contributed by atoms with Gasteiger partial charge in [0.05, 0.1) is 17.7 Å². The molecule has 0 spiro atoms. The molecule has 2 aromatic rings.